The summed E-state index contributed by atoms with van der Waals surface area (Å²) in [7, 11) is 0. The first-order chi connectivity index (χ1) is 11.4. The number of aliphatic carboxylic acids is 1. The SMILES string of the molecule is CC(=O)N[C@@H](CC(=O)N1CCO[C@H](C(=O)O)C1)c1ccc(Br)cc1. The zero-order valence-corrected chi connectivity index (χ0v) is 14.8. The Balaban J connectivity index is 2.08. The topological polar surface area (TPSA) is 95.9 Å². The summed E-state index contributed by atoms with van der Waals surface area (Å²) in [6.07, 6.45) is -0.942. The standard InChI is InChI=1S/C16H19BrN2O5/c1-10(20)18-13(11-2-4-12(17)5-3-11)8-15(21)19-6-7-24-14(9-19)16(22)23/h2-5,13-14H,6-9H2,1H3,(H,18,20)(H,22,23)/t13-,14-/m0/s1. The minimum absolute atomic E-state index is 0.0152. The number of amides is 2. The molecular formula is C16H19BrN2O5. The summed E-state index contributed by atoms with van der Waals surface area (Å²) in [5.41, 5.74) is 0.810. The fourth-order valence-electron chi connectivity index (χ4n) is 2.52. The van der Waals surface area contributed by atoms with E-state index in [0.717, 1.165) is 10.0 Å². The fourth-order valence-corrected chi connectivity index (χ4v) is 2.79. The number of hydrogen-bond donors (Lipinski definition) is 2. The lowest BCUT2D eigenvalue weighted by atomic mass is 10.0. The second kappa shape index (κ2) is 8.25. The maximum absolute atomic E-state index is 12.5. The quantitative estimate of drug-likeness (QED) is 0.779. The summed E-state index contributed by atoms with van der Waals surface area (Å²) in [5.74, 6) is -1.54. The van der Waals surface area contributed by atoms with Crippen LogP contribution in [0.5, 0.6) is 0 Å². The molecule has 0 aromatic heterocycles. The third kappa shape index (κ3) is 5.04. The Hall–Kier alpha value is -1.93. The second-order valence-electron chi connectivity index (χ2n) is 5.55. The Morgan fingerprint density at radius 1 is 1.38 bits per heavy atom. The summed E-state index contributed by atoms with van der Waals surface area (Å²) in [6, 6.07) is 6.87. The molecule has 130 valence electrons. The van der Waals surface area contributed by atoms with Crippen molar-refractivity contribution in [2.75, 3.05) is 19.7 Å². The maximum atomic E-state index is 12.5. The summed E-state index contributed by atoms with van der Waals surface area (Å²) in [5, 5.41) is 11.8. The normalized spacial score (nSPS) is 18.8. The minimum atomic E-state index is -1.08. The van der Waals surface area contributed by atoms with Gasteiger partial charge in [0.25, 0.3) is 0 Å². The number of carboxylic acid groups (broad SMARTS) is 1. The highest BCUT2D eigenvalue weighted by Gasteiger charge is 2.30. The molecule has 2 rings (SSSR count). The lowest BCUT2D eigenvalue weighted by Crippen LogP contribution is -2.49. The molecule has 2 N–H and O–H groups in total. The maximum Gasteiger partial charge on any atom is 0.334 e. The molecule has 1 heterocycles. The van der Waals surface area contributed by atoms with Crippen LogP contribution in [0.4, 0.5) is 0 Å². The van der Waals surface area contributed by atoms with E-state index in [1.165, 1.54) is 11.8 Å². The van der Waals surface area contributed by atoms with Crippen LogP contribution in [0, 0.1) is 0 Å². The third-order valence-electron chi connectivity index (χ3n) is 3.72. The lowest BCUT2D eigenvalue weighted by molar-refractivity contribution is -0.159. The Bertz CT molecular complexity index is 619. The Kier molecular flexibility index (Phi) is 6.33. The number of carbonyl (C=O) groups excluding carboxylic acids is 2. The predicted octanol–water partition coefficient (Wildman–Crippen LogP) is 1.33. The van der Waals surface area contributed by atoms with Gasteiger partial charge in [0.2, 0.25) is 11.8 Å². The van der Waals surface area contributed by atoms with Gasteiger partial charge in [0.1, 0.15) is 0 Å². The van der Waals surface area contributed by atoms with Gasteiger partial charge in [-0.15, -0.1) is 0 Å². The van der Waals surface area contributed by atoms with Gasteiger partial charge in [-0.25, -0.2) is 4.79 Å². The Labute approximate surface area is 148 Å². The molecule has 2 atom stereocenters. The molecule has 7 nitrogen and oxygen atoms in total. The number of rotatable bonds is 5. The molecule has 0 radical (unpaired) electrons. The van der Waals surface area contributed by atoms with E-state index < -0.39 is 18.1 Å². The van der Waals surface area contributed by atoms with E-state index >= 15 is 0 Å². The smallest absolute Gasteiger partial charge is 0.334 e. The lowest BCUT2D eigenvalue weighted by Gasteiger charge is -2.32. The highest BCUT2D eigenvalue weighted by atomic mass is 79.9. The molecule has 8 heteroatoms. The predicted molar refractivity (Wildman–Crippen MR) is 89.3 cm³/mol. The number of halogens is 1. The summed E-state index contributed by atoms with van der Waals surface area (Å²) in [4.78, 5) is 36.5. The number of carbonyl (C=O) groups is 3. The van der Waals surface area contributed by atoms with Crippen LogP contribution in [0.2, 0.25) is 0 Å². The molecule has 0 saturated carbocycles. The average molecular weight is 399 g/mol. The van der Waals surface area contributed by atoms with Crippen LogP contribution in [0.3, 0.4) is 0 Å². The van der Waals surface area contributed by atoms with E-state index in [-0.39, 0.29) is 31.4 Å². The van der Waals surface area contributed by atoms with Crippen molar-refractivity contribution in [2.45, 2.75) is 25.5 Å². The van der Waals surface area contributed by atoms with Crippen LogP contribution >= 0.6 is 15.9 Å². The zero-order valence-electron chi connectivity index (χ0n) is 13.2. The van der Waals surface area contributed by atoms with E-state index in [2.05, 4.69) is 21.2 Å². The molecule has 0 bridgehead atoms. The largest absolute Gasteiger partial charge is 0.479 e. The van der Waals surface area contributed by atoms with Gasteiger partial charge in [-0.3, -0.25) is 9.59 Å². The van der Waals surface area contributed by atoms with E-state index in [9.17, 15) is 14.4 Å². The highest BCUT2D eigenvalue weighted by molar-refractivity contribution is 9.10. The molecule has 1 saturated heterocycles. The van der Waals surface area contributed by atoms with Gasteiger partial charge in [-0.1, -0.05) is 28.1 Å². The second-order valence-corrected chi connectivity index (χ2v) is 6.46. The van der Waals surface area contributed by atoms with Crippen LogP contribution in [0.25, 0.3) is 0 Å². The molecular weight excluding hydrogens is 380 g/mol. The van der Waals surface area contributed by atoms with Gasteiger partial charge in [-0.2, -0.15) is 0 Å². The zero-order chi connectivity index (χ0) is 17.7. The van der Waals surface area contributed by atoms with Gasteiger partial charge in [0.05, 0.1) is 25.6 Å². The molecule has 1 fully saturated rings. The molecule has 1 aliphatic rings. The number of hydrogen-bond acceptors (Lipinski definition) is 4. The van der Waals surface area contributed by atoms with Crippen LogP contribution in [0.1, 0.15) is 24.9 Å². The van der Waals surface area contributed by atoms with E-state index in [1.54, 1.807) is 0 Å². The van der Waals surface area contributed by atoms with E-state index in [4.69, 9.17) is 9.84 Å². The Morgan fingerprint density at radius 2 is 2.04 bits per heavy atom. The van der Waals surface area contributed by atoms with Crippen molar-refractivity contribution in [1.29, 1.82) is 0 Å². The number of benzene rings is 1. The highest BCUT2D eigenvalue weighted by Crippen LogP contribution is 2.21. The van der Waals surface area contributed by atoms with Gasteiger partial charge < -0.3 is 20.1 Å². The first-order valence-electron chi connectivity index (χ1n) is 7.51. The number of nitrogens with one attached hydrogen (secondary N) is 1. The Morgan fingerprint density at radius 3 is 2.62 bits per heavy atom. The van der Waals surface area contributed by atoms with Crippen molar-refractivity contribution in [2.24, 2.45) is 0 Å². The van der Waals surface area contributed by atoms with Gasteiger partial charge in [0, 0.05) is 17.9 Å². The molecule has 0 aliphatic carbocycles. The average Bonchev–Trinajstić information content (AvgIpc) is 2.54. The number of nitrogens with zero attached hydrogens (tertiary/aromatic N) is 1. The van der Waals surface area contributed by atoms with Crippen molar-refractivity contribution in [3.63, 3.8) is 0 Å². The molecule has 1 aliphatic heterocycles. The van der Waals surface area contributed by atoms with Gasteiger partial charge >= 0.3 is 5.97 Å². The minimum Gasteiger partial charge on any atom is -0.479 e. The fraction of sp³-hybridized carbons (Fsp3) is 0.438. The molecule has 1 aromatic carbocycles. The summed E-state index contributed by atoms with van der Waals surface area (Å²) < 4.78 is 6.02. The number of morpholine rings is 1. The van der Waals surface area contributed by atoms with Crippen molar-refractivity contribution < 1.29 is 24.2 Å². The van der Waals surface area contributed by atoms with E-state index in [1.807, 2.05) is 24.3 Å². The van der Waals surface area contributed by atoms with Gasteiger partial charge in [-0.05, 0) is 17.7 Å². The summed E-state index contributed by atoms with van der Waals surface area (Å²) >= 11 is 3.35. The molecule has 2 amide bonds. The van der Waals surface area contributed by atoms with Crippen molar-refractivity contribution >= 4 is 33.7 Å². The number of carboxylic acids is 1. The number of ether oxygens (including phenoxy) is 1. The van der Waals surface area contributed by atoms with E-state index in [0.29, 0.717) is 6.54 Å². The van der Waals surface area contributed by atoms with Gasteiger partial charge in [0.15, 0.2) is 6.10 Å². The molecule has 24 heavy (non-hydrogen) atoms. The third-order valence-corrected chi connectivity index (χ3v) is 4.25. The van der Waals surface area contributed by atoms with Crippen molar-refractivity contribution in [3.8, 4) is 0 Å². The molecule has 1 aromatic rings. The van der Waals surface area contributed by atoms with Crippen molar-refractivity contribution in [3.05, 3.63) is 34.3 Å². The van der Waals surface area contributed by atoms with Crippen LogP contribution < -0.4 is 5.32 Å². The van der Waals surface area contributed by atoms with Crippen LogP contribution in [-0.2, 0) is 19.1 Å². The first kappa shape index (κ1) is 18.4. The summed E-state index contributed by atoms with van der Waals surface area (Å²) in [6.45, 7) is 1.94. The molecule has 0 unspecified atom stereocenters. The first-order valence-corrected chi connectivity index (χ1v) is 8.31. The van der Waals surface area contributed by atoms with Crippen LogP contribution in [-0.4, -0.2) is 53.6 Å². The van der Waals surface area contributed by atoms with Crippen molar-refractivity contribution in [1.82, 2.24) is 10.2 Å². The monoisotopic (exact) mass is 398 g/mol. The van der Waals surface area contributed by atoms with Crippen LogP contribution in [0.15, 0.2) is 28.7 Å². The molecule has 0 spiro atoms.